The van der Waals surface area contributed by atoms with Crippen LogP contribution in [0.2, 0.25) is 0 Å². The summed E-state index contributed by atoms with van der Waals surface area (Å²) in [5.41, 5.74) is 0. The van der Waals surface area contributed by atoms with E-state index in [0.29, 0.717) is 32.2 Å². The number of carbonyl (C=O) groups is 2. The van der Waals surface area contributed by atoms with Crippen molar-refractivity contribution in [2.75, 3.05) is 18.1 Å². The van der Waals surface area contributed by atoms with Gasteiger partial charge in [-0.25, -0.2) is 18.0 Å². The molecule has 2 aliphatic rings. The zero-order valence-corrected chi connectivity index (χ0v) is 11.4. The number of hydrogen-bond donors (Lipinski definition) is 2. The van der Waals surface area contributed by atoms with Gasteiger partial charge in [0.25, 0.3) is 0 Å². The van der Waals surface area contributed by atoms with Gasteiger partial charge in [-0.1, -0.05) is 0 Å². The first-order chi connectivity index (χ1) is 8.89. The van der Waals surface area contributed by atoms with Crippen molar-refractivity contribution in [2.24, 2.45) is 0 Å². The maximum Gasteiger partial charge on any atom is 0.326 e. The summed E-state index contributed by atoms with van der Waals surface area (Å²) in [6.07, 6.45) is 1.96. The highest BCUT2D eigenvalue weighted by Crippen LogP contribution is 2.19. The Morgan fingerprint density at radius 3 is 2.37 bits per heavy atom. The highest BCUT2D eigenvalue weighted by atomic mass is 32.2. The fourth-order valence-electron chi connectivity index (χ4n) is 2.56. The molecule has 0 aliphatic carbocycles. The Morgan fingerprint density at radius 1 is 1.16 bits per heavy atom. The number of nitrogens with one attached hydrogen (secondary N) is 1. The Morgan fingerprint density at radius 2 is 1.79 bits per heavy atom. The Labute approximate surface area is 111 Å². The van der Waals surface area contributed by atoms with Gasteiger partial charge in [0.1, 0.15) is 15.9 Å². The monoisotopic (exact) mass is 290 g/mol. The molecule has 1 atom stereocenters. The molecule has 2 aliphatic heterocycles. The summed E-state index contributed by atoms with van der Waals surface area (Å²) in [5, 5.41) is 11.7. The van der Waals surface area contributed by atoms with Crippen molar-refractivity contribution in [3.8, 4) is 0 Å². The largest absolute Gasteiger partial charge is 0.480 e. The molecule has 0 aromatic heterocycles. The number of carboxylic acid groups (broad SMARTS) is 1. The summed E-state index contributed by atoms with van der Waals surface area (Å²) in [6, 6.07) is -1.33. The minimum atomic E-state index is -2.95. The fourth-order valence-corrected chi connectivity index (χ4v) is 4.05. The maximum absolute atomic E-state index is 12.0. The Kier molecular flexibility index (Phi) is 3.98. The number of hydrogen-bond acceptors (Lipinski definition) is 4. The zero-order valence-electron chi connectivity index (χ0n) is 10.5. The number of aliphatic carboxylic acids is 1. The van der Waals surface area contributed by atoms with E-state index in [2.05, 4.69) is 5.32 Å². The van der Waals surface area contributed by atoms with Gasteiger partial charge in [-0.15, -0.1) is 0 Å². The van der Waals surface area contributed by atoms with E-state index < -0.39 is 27.9 Å². The van der Waals surface area contributed by atoms with Crippen LogP contribution in [0, 0.1) is 0 Å². The molecule has 0 aromatic rings. The molecule has 0 bridgehead atoms. The second-order valence-corrected chi connectivity index (χ2v) is 7.37. The first-order valence-electron chi connectivity index (χ1n) is 6.39. The molecule has 0 saturated carbocycles. The van der Waals surface area contributed by atoms with Crippen molar-refractivity contribution in [2.45, 2.75) is 37.8 Å². The normalized spacial score (nSPS) is 27.2. The molecule has 2 rings (SSSR count). The van der Waals surface area contributed by atoms with Crippen molar-refractivity contribution in [3.63, 3.8) is 0 Å². The summed E-state index contributed by atoms with van der Waals surface area (Å²) in [5.74, 6) is -0.820. The smallest absolute Gasteiger partial charge is 0.326 e. The quantitative estimate of drug-likeness (QED) is 0.734. The fraction of sp³-hybridized carbons (Fsp3) is 0.818. The van der Waals surface area contributed by atoms with Crippen LogP contribution in [0.4, 0.5) is 4.79 Å². The van der Waals surface area contributed by atoms with E-state index >= 15 is 0 Å². The SMILES string of the molecule is O=C(O)[C@H]1CCCN1C(=O)NC1CCS(=O)(=O)CC1. The van der Waals surface area contributed by atoms with Gasteiger partial charge < -0.3 is 15.3 Å². The molecule has 2 amide bonds. The summed E-state index contributed by atoms with van der Waals surface area (Å²) in [7, 11) is -2.95. The van der Waals surface area contributed by atoms with E-state index in [1.807, 2.05) is 0 Å². The molecule has 8 heteroatoms. The average molecular weight is 290 g/mol. The molecule has 7 nitrogen and oxygen atoms in total. The molecule has 2 heterocycles. The topological polar surface area (TPSA) is 104 Å². The third-order valence-electron chi connectivity index (χ3n) is 3.68. The van der Waals surface area contributed by atoms with E-state index in [4.69, 9.17) is 5.11 Å². The lowest BCUT2D eigenvalue weighted by atomic mass is 10.1. The second kappa shape index (κ2) is 5.36. The van der Waals surface area contributed by atoms with Crippen LogP contribution >= 0.6 is 0 Å². The van der Waals surface area contributed by atoms with E-state index in [0.717, 1.165) is 0 Å². The predicted molar refractivity (Wildman–Crippen MR) is 67.6 cm³/mol. The summed E-state index contributed by atoms with van der Waals surface area (Å²) >= 11 is 0. The third kappa shape index (κ3) is 3.37. The molecule has 2 fully saturated rings. The molecule has 2 saturated heterocycles. The molecule has 0 unspecified atom stereocenters. The van der Waals surface area contributed by atoms with Crippen LogP contribution in [0.3, 0.4) is 0 Å². The second-order valence-electron chi connectivity index (χ2n) is 5.07. The highest BCUT2D eigenvalue weighted by Gasteiger charge is 2.35. The van der Waals surface area contributed by atoms with Crippen LogP contribution in [0.5, 0.6) is 0 Å². The summed E-state index contributed by atoms with van der Waals surface area (Å²) in [6.45, 7) is 0.438. The molecule has 19 heavy (non-hydrogen) atoms. The van der Waals surface area contributed by atoms with E-state index in [-0.39, 0.29) is 17.5 Å². The number of likely N-dealkylation sites (tertiary alicyclic amines) is 1. The first kappa shape index (κ1) is 14.1. The van der Waals surface area contributed by atoms with Gasteiger partial charge in [-0.05, 0) is 25.7 Å². The standard InChI is InChI=1S/C11H18N2O5S/c14-10(15)9-2-1-5-13(9)11(16)12-8-3-6-19(17,18)7-4-8/h8-9H,1-7H2,(H,12,16)(H,14,15)/t9-/m1/s1. The van der Waals surface area contributed by atoms with Gasteiger partial charge in [0, 0.05) is 12.6 Å². The Hall–Kier alpha value is -1.31. The van der Waals surface area contributed by atoms with Crippen molar-refractivity contribution in [1.29, 1.82) is 0 Å². The average Bonchev–Trinajstić information content (AvgIpc) is 2.81. The molecule has 0 spiro atoms. The van der Waals surface area contributed by atoms with Crippen LogP contribution in [0.15, 0.2) is 0 Å². The van der Waals surface area contributed by atoms with Gasteiger partial charge in [-0.3, -0.25) is 0 Å². The van der Waals surface area contributed by atoms with Gasteiger partial charge in [-0.2, -0.15) is 0 Å². The number of carbonyl (C=O) groups excluding carboxylic acids is 1. The van der Waals surface area contributed by atoms with Crippen molar-refractivity contribution in [3.05, 3.63) is 0 Å². The van der Waals surface area contributed by atoms with Crippen LogP contribution in [-0.2, 0) is 14.6 Å². The highest BCUT2D eigenvalue weighted by molar-refractivity contribution is 7.91. The zero-order chi connectivity index (χ0) is 14.0. The van der Waals surface area contributed by atoms with Crippen molar-refractivity contribution >= 4 is 21.8 Å². The predicted octanol–water partition coefficient (Wildman–Crippen LogP) is -0.178. The number of nitrogens with zero attached hydrogens (tertiary/aromatic N) is 1. The van der Waals surface area contributed by atoms with Gasteiger partial charge in [0.15, 0.2) is 0 Å². The van der Waals surface area contributed by atoms with Crippen LogP contribution in [0.25, 0.3) is 0 Å². The summed E-state index contributed by atoms with van der Waals surface area (Å²) < 4.78 is 22.6. The van der Waals surface area contributed by atoms with Crippen molar-refractivity contribution < 1.29 is 23.1 Å². The molecule has 0 radical (unpaired) electrons. The number of sulfone groups is 1. The maximum atomic E-state index is 12.0. The van der Waals surface area contributed by atoms with Crippen LogP contribution in [0.1, 0.15) is 25.7 Å². The molecular weight excluding hydrogens is 272 g/mol. The van der Waals surface area contributed by atoms with Gasteiger partial charge in [0.05, 0.1) is 11.5 Å². The van der Waals surface area contributed by atoms with E-state index in [1.165, 1.54) is 4.90 Å². The van der Waals surface area contributed by atoms with Gasteiger partial charge >= 0.3 is 12.0 Å². The molecule has 0 aromatic carbocycles. The molecular formula is C11H18N2O5S. The number of amides is 2. The van der Waals surface area contributed by atoms with Gasteiger partial charge in [0.2, 0.25) is 0 Å². The molecule has 2 N–H and O–H groups in total. The number of carboxylic acids is 1. The minimum Gasteiger partial charge on any atom is -0.480 e. The van der Waals surface area contributed by atoms with Crippen LogP contribution in [-0.4, -0.2) is 60.6 Å². The lowest BCUT2D eigenvalue weighted by Gasteiger charge is -2.27. The Balaban J connectivity index is 1.89. The lowest BCUT2D eigenvalue weighted by molar-refractivity contribution is -0.141. The number of urea groups is 1. The van der Waals surface area contributed by atoms with Crippen LogP contribution < -0.4 is 5.32 Å². The summed E-state index contributed by atoms with van der Waals surface area (Å²) in [4.78, 5) is 24.3. The first-order valence-corrected chi connectivity index (χ1v) is 8.21. The van der Waals surface area contributed by atoms with Crippen molar-refractivity contribution in [1.82, 2.24) is 10.2 Å². The number of rotatable bonds is 2. The molecule has 108 valence electrons. The minimum absolute atomic E-state index is 0.0836. The van der Waals surface area contributed by atoms with E-state index in [9.17, 15) is 18.0 Å². The Bertz CT molecular complexity index is 461. The van der Waals surface area contributed by atoms with E-state index in [1.54, 1.807) is 0 Å². The lowest BCUT2D eigenvalue weighted by Crippen LogP contribution is -2.50. The third-order valence-corrected chi connectivity index (χ3v) is 5.40.